The van der Waals surface area contributed by atoms with Crippen molar-refractivity contribution >= 4 is 10.9 Å². The highest BCUT2D eigenvalue weighted by Crippen LogP contribution is 2.17. The van der Waals surface area contributed by atoms with E-state index in [1.54, 1.807) is 0 Å². The monoisotopic (exact) mass is 239 g/mol. The van der Waals surface area contributed by atoms with Crippen molar-refractivity contribution in [3.8, 4) is 0 Å². The standard InChI is InChI=1S/C14H13N3O/c1-9-7-11-12(8-10-5-3-2-4-6-10)16-17-14(18)13(11)15-9/h2-7,15H,8H2,1H3,(H,17,18). The molecule has 1 aromatic carbocycles. The average molecular weight is 239 g/mol. The predicted molar refractivity (Wildman–Crippen MR) is 70.7 cm³/mol. The van der Waals surface area contributed by atoms with Crippen LogP contribution in [0.2, 0.25) is 0 Å². The molecule has 0 bridgehead atoms. The fourth-order valence-electron chi connectivity index (χ4n) is 2.15. The first-order valence-corrected chi connectivity index (χ1v) is 5.85. The van der Waals surface area contributed by atoms with E-state index in [1.807, 2.05) is 31.2 Å². The number of aryl methyl sites for hydroxylation is 1. The SMILES string of the molecule is Cc1cc2c(Cc3ccccc3)n[nH]c(=O)c2[nH]1. The van der Waals surface area contributed by atoms with E-state index in [0.717, 1.165) is 16.8 Å². The Morgan fingerprint density at radius 1 is 1.22 bits per heavy atom. The van der Waals surface area contributed by atoms with Gasteiger partial charge in [-0.3, -0.25) is 4.79 Å². The average Bonchev–Trinajstić information content (AvgIpc) is 2.77. The Morgan fingerprint density at radius 3 is 2.78 bits per heavy atom. The van der Waals surface area contributed by atoms with Crippen molar-refractivity contribution in [2.75, 3.05) is 0 Å². The van der Waals surface area contributed by atoms with Gasteiger partial charge in [-0.25, -0.2) is 5.10 Å². The number of fused-ring (bicyclic) bond motifs is 1. The summed E-state index contributed by atoms with van der Waals surface area (Å²) in [7, 11) is 0. The molecule has 0 atom stereocenters. The topological polar surface area (TPSA) is 61.5 Å². The van der Waals surface area contributed by atoms with Gasteiger partial charge >= 0.3 is 0 Å². The number of nitrogens with one attached hydrogen (secondary N) is 2. The molecule has 3 rings (SSSR count). The highest BCUT2D eigenvalue weighted by molar-refractivity contribution is 5.81. The largest absolute Gasteiger partial charge is 0.354 e. The van der Waals surface area contributed by atoms with Gasteiger partial charge in [0.2, 0.25) is 0 Å². The summed E-state index contributed by atoms with van der Waals surface area (Å²) in [4.78, 5) is 14.7. The van der Waals surface area contributed by atoms with Crippen LogP contribution < -0.4 is 5.56 Å². The molecule has 2 aromatic heterocycles. The first-order valence-electron chi connectivity index (χ1n) is 5.85. The van der Waals surface area contributed by atoms with Crippen LogP contribution in [-0.2, 0) is 6.42 Å². The Labute approximate surface area is 104 Å². The van der Waals surface area contributed by atoms with Crippen LogP contribution in [0.25, 0.3) is 10.9 Å². The maximum Gasteiger partial charge on any atom is 0.288 e. The first-order chi connectivity index (χ1) is 8.74. The minimum atomic E-state index is -0.171. The van der Waals surface area contributed by atoms with Crippen LogP contribution in [0.1, 0.15) is 17.0 Å². The van der Waals surface area contributed by atoms with Crippen molar-refractivity contribution in [1.29, 1.82) is 0 Å². The van der Waals surface area contributed by atoms with Crippen molar-refractivity contribution in [1.82, 2.24) is 15.2 Å². The van der Waals surface area contributed by atoms with E-state index in [4.69, 9.17) is 0 Å². The van der Waals surface area contributed by atoms with Gasteiger partial charge in [0.25, 0.3) is 5.56 Å². The van der Waals surface area contributed by atoms with Crippen molar-refractivity contribution in [2.24, 2.45) is 0 Å². The zero-order chi connectivity index (χ0) is 12.5. The Hall–Kier alpha value is -2.36. The van der Waals surface area contributed by atoms with E-state index in [-0.39, 0.29) is 5.56 Å². The number of rotatable bonds is 2. The Morgan fingerprint density at radius 2 is 2.00 bits per heavy atom. The fraction of sp³-hybridized carbons (Fsp3) is 0.143. The van der Waals surface area contributed by atoms with Gasteiger partial charge in [-0.2, -0.15) is 5.10 Å². The predicted octanol–water partition coefficient (Wildman–Crippen LogP) is 2.15. The van der Waals surface area contributed by atoms with E-state index in [0.29, 0.717) is 11.9 Å². The molecule has 0 saturated heterocycles. The summed E-state index contributed by atoms with van der Waals surface area (Å²) in [6.07, 6.45) is 0.714. The molecule has 3 aromatic rings. The molecule has 0 aliphatic rings. The van der Waals surface area contributed by atoms with Crippen molar-refractivity contribution in [2.45, 2.75) is 13.3 Å². The molecule has 0 aliphatic carbocycles. The molecule has 0 radical (unpaired) electrons. The second-order valence-corrected chi connectivity index (χ2v) is 4.40. The molecular weight excluding hydrogens is 226 g/mol. The summed E-state index contributed by atoms with van der Waals surface area (Å²) in [6, 6.07) is 12.1. The molecule has 2 heterocycles. The van der Waals surface area contributed by atoms with E-state index in [1.165, 1.54) is 5.56 Å². The van der Waals surface area contributed by atoms with Gasteiger partial charge in [0.1, 0.15) is 5.52 Å². The minimum Gasteiger partial charge on any atom is -0.354 e. The molecule has 0 saturated carbocycles. The smallest absolute Gasteiger partial charge is 0.288 e. The Kier molecular flexibility index (Phi) is 2.48. The molecule has 0 aliphatic heterocycles. The van der Waals surface area contributed by atoms with E-state index < -0.39 is 0 Å². The molecule has 0 amide bonds. The number of aromatic amines is 2. The van der Waals surface area contributed by atoms with Gasteiger partial charge in [-0.05, 0) is 18.6 Å². The molecule has 2 N–H and O–H groups in total. The molecule has 0 unspecified atom stereocenters. The zero-order valence-electron chi connectivity index (χ0n) is 10.0. The number of hydrogen-bond acceptors (Lipinski definition) is 2. The van der Waals surface area contributed by atoms with Crippen LogP contribution >= 0.6 is 0 Å². The normalized spacial score (nSPS) is 10.9. The lowest BCUT2D eigenvalue weighted by Crippen LogP contribution is -2.11. The summed E-state index contributed by atoms with van der Waals surface area (Å²) in [6.45, 7) is 1.94. The van der Waals surface area contributed by atoms with E-state index in [9.17, 15) is 4.79 Å². The molecule has 18 heavy (non-hydrogen) atoms. The van der Waals surface area contributed by atoms with Gasteiger partial charge in [-0.15, -0.1) is 0 Å². The molecule has 90 valence electrons. The second-order valence-electron chi connectivity index (χ2n) is 4.40. The van der Waals surface area contributed by atoms with Gasteiger partial charge in [0.05, 0.1) is 5.69 Å². The number of benzene rings is 1. The zero-order valence-corrected chi connectivity index (χ0v) is 10.0. The molecule has 4 heteroatoms. The maximum absolute atomic E-state index is 11.6. The highest BCUT2D eigenvalue weighted by atomic mass is 16.1. The molecule has 4 nitrogen and oxygen atoms in total. The summed E-state index contributed by atoms with van der Waals surface area (Å²) >= 11 is 0. The lowest BCUT2D eigenvalue weighted by Gasteiger charge is -2.01. The number of hydrogen-bond donors (Lipinski definition) is 2. The van der Waals surface area contributed by atoms with Gasteiger partial charge in [0, 0.05) is 17.5 Å². The van der Waals surface area contributed by atoms with Gasteiger partial charge in [-0.1, -0.05) is 30.3 Å². The third kappa shape index (κ3) is 1.82. The maximum atomic E-state index is 11.6. The van der Waals surface area contributed by atoms with Crippen molar-refractivity contribution in [3.63, 3.8) is 0 Å². The lowest BCUT2D eigenvalue weighted by atomic mass is 10.1. The minimum absolute atomic E-state index is 0.171. The lowest BCUT2D eigenvalue weighted by molar-refractivity contribution is 0.932. The van der Waals surface area contributed by atoms with Crippen molar-refractivity contribution in [3.05, 3.63) is 63.7 Å². The summed E-state index contributed by atoms with van der Waals surface area (Å²) in [5, 5.41) is 7.60. The number of H-pyrrole nitrogens is 2. The summed E-state index contributed by atoms with van der Waals surface area (Å²) in [5.41, 5.74) is 3.47. The third-order valence-electron chi connectivity index (χ3n) is 3.00. The third-order valence-corrected chi connectivity index (χ3v) is 3.00. The van der Waals surface area contributed by atoms with E-state index >= 15 is 0 Å². The quantitative estimate of drug-likeness (QED) is 0.719. The number of nitrogens with zero attached hydrogens (tertiary/aromatic N) is 1. The first kappa shape index (κ1) is 10.8. The molecular formula is C14H13N3O. The summed E-state index contributed by atoms with van der Waals surface area (Å²) in [5.74, 6) is 0. The van der Waals surface area contributed by atoms with Crippen LogP contribution in [0.15, 0.2) is 41.2 Å². The Bertz CT molecular complexity index is 741. The van der Waals surface area contributed by atoms with Gasteiger partial charge in [0.15, 0.2) is 0 Å². The molecule has 0 fully saturated rings. The van der Waals surface area contributed by atoms with E-state index in [2.05, 4.69) is 27.3 Å². The summed E-state index contributed by atoms with van der Waals surface area (Å²) < 4.78 is 0. The highest BCUT2D eigenvalue weighted by Gasteiger charge is 2.09. The van der Waals surface area contributed by atoms with Crippen LogP contribution in [0.5, 0.6) is 0 Å². The Balaban J connectivity index is 2.13. The van der Waals surface area contributed by atoms with Crippen LogP contribution in [0.4, 0.5) is 0 Å². The van der Waals surface area contributed by atoms with Crippen LogP contribution in [0.3, 0.4) is 0 Å². The van der Waals surface area contributed by atoms with Crippen LogP contribution in [-0.4, -0.2) is 15.2 Å². The fourth-order valence-corrected chi connectivity index (χ4v) is 2.15. The second kappa shape index (κ2) is 4.14. The van der Waals surface area contributed by atoms with Crippen LogP contribution in [0, 0.1) is 6.92 Å². The van der Waals surface area contributed by atoms with Gasteiger partial charge < -0.3 is 4.98 Å². The molecule has 0 spiro atoms. The number of aromatic nitrogens is 3. The van der Waals surface area contributed by atoms with Crippen molar-refractivity contribution < 1.29 is 0 Å².